The summed E-state index contributed by atoms with van der Waals surface area (Å²) in [4.78, 5) is 14.3. The summed E-state index contributed by atoms with van der Waals surface area (Å²) in [7, 11) is 0. The molecule has 1 aliphatic rings. The summed E-state index contributed by atoms with van der Waals surface area (Å²) in [6.45, 7) is 3.99. The van der Waals surface area contributed by atoms with Gasteiger partial charge in [-0.3, -0.25) is 0 Å². The summed E-state index contributed by atoms with van der Waals surface area (Å²) in [5.74, 6) is 1.28. The van der Waals surface area contributed by atoms with E-state index in [1.165, 1.54) is 17.8 Å². The van der Waals surface area contributed by atoms with E-state index in [9.17, 15) is 4.39 Å². The average Bonchev–Trinajstić information content (AvgIpc) is 2.84. The Hall–Kier alpha value is -3.38. The number of piperazine rings is 1. The molecule has 0 spiro atoms. The van der Waals surface area contributed by atoms with Crippen LogP contribution in [0.2, 0.25) is 5.02 Å². The number of nitrogens with one attached hydrogen (secondary N) is 1. The number of hydrogen-bond donors (Lipinski definition) is 1. The highest BCUT2D eigenvalue weighted by atomic mass is 35.5. The molecule has 7 heteroatoms. The number of aromatic nitrogens is 2. The van der Waals surface area contributed by atoms with Gasteiger partial charge in [0.2, 0.25) is 5.95 Å². The van der Waals surface area contributed by atoms with Crippen LogP contribution in [0.5, 0.6) is 0 Å². The molecule has 1 aliphatic heterocycles. The number of hydrogen-bond acceptors (Lipinski definition) is 5. The zero-order chi connectivity index (χ0) is 21.9. The van der Waals surface area contributed by atoms with E-state index in [0.717, 1.165) is 59.4 Å². The number of nitrogens with zero attached hydrogens (tertiary/aromatic N) is 4. The van der Waals surface area contributed by atoms with Crippen molar-refractivity contribution in [1.82, 2.24) is 9.97 Å². The third kappa shape index (κ3) is 4.46. The second kappa shape index (κ2) is 9.01. The molecular weight excluding hydrogens is 425 g/mol. The number of para-hydroxylation sites is 1. The average molecular weight is 448 g/mol. The highest BCUT2D eigenvalue weighted by Gasteiger charge is 2.20. The second-order valence-corrected chi connectivity index (χ2v) is 8.26. The van der Waals surface area contributed by atoms with Crippen molar-refractivity contribution in [2.24, 2.45) is 0 Å². The summed E-state index contributed by atoms with van der Waals surface area (Å²) in [6, 6.07) is 22.5. The fourth-order valence-electron chi connectivity index (χ4n) is 3.95. The van der Waals surface area contributed by atoms with Crippen molar-refractivity contribution in [2.45, 2.75) is 6.54 Å². The molecule has 3 aromatic carbocycles. The Balaban J connectivity index is 1.35. The molecule has 0 amide bonds. The van der Waals surface area contributed by atoms with Crippen LogP contribution in [0.1, 0.15) is 5.56 Å². The van der Waals surface area contributed by atoms with E-state index >= 15 is 0 Å². The fraction of sp³-hybridized carbons (Fsp3) is 0.200. The van der Waals surface area contributed by atoms with E-state index in [2.05, 4.69) is 27.2 Å². The minimum absolute atomic E-state index is 0.235. The highest BCUT2D eigenvalue weighted by molar-refractivity contribution is 6.30. The monoisotopic (exact) mass is 447 g/mol. The molecule has 0 bridgehead atoms. The van der Waals surface area contributed by atoms with Crippen LogP contribution in [-0.4, -0.2) is 36.1 Å². The molecule has 0 unspecified atom stereocenters. The normalized spacial score (nSPS) is 14.1. The van der Waals surface area contributed by atoms with Gasteiger partial charge in [-0.05, 0) is 54.1 Å². The first-order valence-corrected chi connectivity index (χ1v) is 11.0. The van der Waals surface area contributed by atoms with Gasteiger partial charge < -0.3 is 15.1 Å². The molecule has 1 aromatic heterocycles. The lowest BCUT2D eigenvalue weighted by molar-refractivity contribution is 0.627. The van der Waals surface area contributed by atoms with Gasteiger partial charge in [0.25, 0.3) is 0 Å². The third-order valence-electron chi connectivity index (χ3n) is 5.72. The van der Waals surface area contributed by atoms with Gasteiger partial charge in [-0.15, -0.1) is 0 Å². The highest BCUT2D eigenvalue weighted by Crippen LogP contribution is 2.26. The summed E-state index contributed by atoms with van der Waals surface area (Å²) in [6.07, 6.45) is 0. The molecule has 0 saturated carbocycles. The maximum absolute atomic E-state index is 13.2. The van der Waals surface area contributed by atoms with Crippen LogP contribution < -0.4 is 15.1 Å². The van der Waals surface area contributed by atoms with Gasteiger partial charge in [0.1, 0.15) is 11.6 Å². The van der Waals surface area contributed by atoms with Gasteiger partial charge in [0.15, 0.2) is 0 Å². The first kappa shape index (κ1) is 20.5. The first-order valence-electron chi connectivity index (χ1n) is 10.7. The van der Waals surface area contributed by atoms with Gasteiger partial charge in [-0.25, -0.2) is 9.37 Å². The number of fused-ring (bicyclic) bond motifs is 1. The van der Waals surface area contributed by atoms with Crippen LogP contribution in [-0.2, 0) is 6.54 Å². The second-order valence-electron chi connectivity index (χ2n) is 7.82. The molecule has 5 nitrogen and oxygen atoms in total. The summed E-state index contributed by atoms with van der Waals surface area (Å²) >= 11 is 6.02. The van der Waals surface area contributed by atoms with Crippen molar-refractivity contribution < 1.29 is 4.39 Å². The van der Waals surface area contributed by atoms with Crippen molar-refractivity contribution in [3.8, 4) is 0 Å². The Kier molecular flexibility index (Phi) is 5.77. The Morgan fingerprint density at radius 2 is 1.50 bits per heavy atom. The molecule has 1 N–H and O–H groups in total. The Morgan fingerprint density at radius 1 is 0.812 bits per heavy atom. The van der Waals surface area contributed by atoms with Crippen LogP contribution in [0.4, 0.5) is 21.8 Å². The number of halogens is 2. The van der Waals surface area contributed by atoms with E-state index in [1.807, 2.05) is 36.4 Å². The molecule has 4 aromatic rings. The van der Waals surface area contributed by atoms with E-state index in [1.54, 1.807) is 12.1 Å². The molecule has 32 heavy (non-hydrogen) atoms. The predicted molar refractivity (Wildman–Crippen MR) is 129 cm³/mol. The molecule has 1 saturated heterocycles. The summed E-state index contributed by atoms with van der Waals surface area (Å²) < 4.78 is 13.2. The van der Waals surface area contributed by atoms with Gasteiger partial charge >= 0.3 is 0 Å². The van der Waals surface area contributed by atoms with E-state index in [-0.39, 0.29) is 5.82 Å². The first-order chi connectivity index (χ1) is 15.7. The van der Waals surface area contributed by atoms with E-state index in [0.29, 0.717) is 6.54 Å². The minimum atomic E-state index is -0.235. The Labute approximate surface area is 191 Å². The number of anilines is 3. The zero-order valence-electron chi connectivity index (χ0n) is 17.5. The lowest BCUT2D eigenvalue weighted by Crippen LogP contribution is -2.47. The molecular formula is C25H23ClFN5. The van der Waals surface area contributed by atoms with Crippen molar-refractivity contribution in [3.63, 3.8) is 0 Å². The van der Waals surface area contributed by atoms with E-state index < -0.39 is 0 Å². The lowest BCUT2D eigenvalue weighted by atomic mass is 10.2. The quantitative estimate of drug-likeness (QED) is 0.446. The fourth-order valence-corrected chi connectivity index (χ4v) is 4.07. The van der Waals surface area contributed by atoms with Crippen molar-refractivity contribution in [2.75, 3.05) is 41.3 Å². The predicted octanol–water partition coefficient (Wildman–Crippen LogP) is 5.36. The maximum atomic E-state index is 13.2. The molecule has 5 rings (SSSR count). The molecule has 1 fully saturated rings. The van der Waals surface area contributed by atoms with Gasteiger partial charge in [0.05, 0.1) is 5.52 Å². The standard InChI is InChI=1S/C25H23ClFN5/c26-19-7-11-21(12-8-19)31-13-15-32(16-14-31)25-29-23-4-2-1-3-22(23)24(30-25)28-17-18-5-9-20(27)10-6-18/h1-12H,13-17H2,(H,28,29,30). The van der Waals surface area contributed by atoms with Crippen LogP contribution in [0.3, 0.4) is 0 Å². The number of benzene rings is 3. The van der Waals surface area contributed by atoms with Crippen molar-refractivity contribution in [3.05, 3.63) is 89.2 Å². The van der Waals surface area contributed by atoms with Crippen LogP contribution in [0.15, 0.2) is 72.8 Å². The number of rotatable bonds is 5. The third-order valence-corrected chi connectivity index (χ3v) is 5.97. The van der Waals surface area contributed by atoms with Crippen LogP contribution in [0, 0.1) is 5.82 Å². The van der Waals surface area contributed by atoms with Gasteiger partial charge in [0, 0.05) is 48.8 Å². The lowest BCUT2D eigenvalue weighted by Gasteiger charge is -2.36. The summed E-state index contributed by atoms with van der Waals surface area (Å²) in [5.41, 5.74) is 3.07. The SMILES string of the molecule is Fc1ccc(CNc2nc(N3CCN(c4ccc(Cl)cc4)CC3)nc3ccccc23)cc1. The molecule has 0 atom stereocenters. The maximum Gasteiger partial charge on any atom is 0.228 e. The summed E-state index contributed by atoms with van der Waals surface area (Å²) in [5, 5.41) is 5.14. The Morgan fingerprint density at radius 3 is 2.25 bits per heavy atom. The van der Waals surface area contributed by atoms with Gasteiger partial charge in [-0.2, -0.15) is 4.98 Å². The van der Waals surface area contributed by atoms with Gasteiger partial charge in [-0.1, -0.05) is 35.9 Å². The van der Waals surface area contributed by atoms with Crippen molar-refractivity contribution in [1.29, 1.82) is 0 Å². The van der Waals surface area contributed by atoms with Crippen molar-refractivity contribution >= 4 is 40.0 Å². The molecule has 0 aliphatic carbocycles. The molecule has 2 heterocycles. The molecule has 162 valence electrons. The van der Waals surface area contributed by atoms with Crippen LogP contribution in [0.25, 0.3) is 10.9 Å². The Bertz CT molecular complexity index is 1210. The van der Waals surface area contributed by atoms with Crippen LogP contribution >= 0.6 is 11.6 Å². The topological polar surface area (TPSA) is 44.3 Å². The zero-order valence-corrected chi connectivity index (χ0v) is 18.3. The largest absolute Gasteiger partial charge is 0.368 e. The minimum Gasteiger partial charge on any atom is -0.368 e. The van der Waals surface area contributed by atoms with E-state index in [4.69, 9.17) is 21.6 Å². The molecule has 0 radical (unpaired) electrons. The smallest absolute Gasteiger partial charge is 0.228 e.